The molecule has 0 N–H and O–H groups in total. The van der Waals surface area contributed by atoms with E-state index in [9.17, 15) is 9.59 Å². The van der Waals surface area contributed by atoms with Crippen molar-refractivity contribution in [1.29, 1.82) is 0 Å². The Labute approximate surface area is 167 Å². The molecule has 0 atom stereocenters. The second-order valence-electron chi connectivity index (χ2n) is 6.59. The van der Waals surface area contributed by atoms with Crippen LogP contribution < -0.4 is 0 Å². The van der Waals surface area contributed by atoms with E-state index in [1.807, 2.05) is 48.5 Å². The van der Waals surface area contributed by atoms with Crippen molar-refractivity contribution in [2.24, 2.45) is 0 Å². The molecule has 0 aliphatic rings. The molecule has 2 rings (SSSR count). The molecule has 0 bridgehead atoms. The lowest BCUT2D eigenvalue weighted by Gasteiger charge is -2.09. The van der Waals surface area contributed by atoms with E-state index in [1.165, 1.54) is 11.1 Å². The van der Waals surface area contributed by atoms with Gasteiger partial charge < -0.3 is 9.47 Å². The van der Waals surface area contributed by atoms with Crippen LogP contribution in [0.1, 0.15) is 48.9 Å². The summed E-state index contributed by atoms with van der Waals surface area (Å²) in [7, 11) is 0. The number of carbonyl (C=O) groups is 2. The molecule has 0 aliphatic carbocycles. The zero-order chi connectivity index (χ0) is 20.2. The zero-order valence-electron chi connectivity index (χ0n) is 16.6. The number of hydrogen-bond donors (Lipinski definition) is 0. The third kappa shape index (κ3) is 7.03. The van der Waals surface area contributed by atoms with E-state index in [4.69, 9.17) is 9.47 Å². The summed E-state index contributed by atoms with van der Waals surface area (Å²) in [6.45, 7) is 4.60. The highest BCUT2D eigenvalue weighted by Gasteiger charge is 2.07. The van der Waals surface area contributed by atoms with E-state index in [1.54, 1.807) is 0 Å². The lowest BCUT2D eigenvalue weighted by atomic mass is 10.0. The molecule has 0 saturated carbocycles. The molecule has 0 heterocycles. The molecular formula is C24H28O4. The summed E-state index contributed by atoms with van der Waals surface area (Å²) in [6.07, 6.45) is 6.16. The number of hydrogen-bond acceptors (Lipinski definition) is 4. The molecule has 28 heavy (non-hydrogen) atoms. The Hall–Kier alpha value is -2.88. The highest BCUT2D eigenvalue weighted by Crippen LogP contribution is 2.13. The largest absolute Gasteiger partial charge is 0.458 e. The van der Waals surface area contributed by atoms with Crippen LogP contribution in [0.15, 0.2) is 60.7 Å². The molecule has 2 aromatic rings. The highest BCUT2D eigenvalue weighted by molar-refractivity contribution is 5.91. The number of benzene rings is 2. The monoisotopic (exact) mass is 380 g/mol. The van der Waals surface area contributed by atoms with Crippen LogP contribution in [0.2, 0.25) is 0 Å². The maximum Gasteiger partial charge on any atom is 0.331 e. The van der Waals surface area contributed by atoms with Crippen molar-refractivity contribution in [3.63, 3.8) is 0 Å². The molecule has 4 nitrogen and oxygen atoms in total. The molecule has 0 fully saturated rings. The minimum absolute atomic E-state index is 0.193. The van der Waals surface area contributed by atoms with Crippen LogP contribution in [-0.4, -0.2) is 11.9 Å². The molecule has 0 radical (unpaired) electrons. The lowest BCUT2D eigenvalue weighted by molar-refractivity contribution is -0.141. The minimum Gasteiger partial charge on any atom is -0.458 e. The first kappa shape index (κ1) is 21.4. The summed E-state index contributed by atoms with van der Waals surface area (Å²) < 4.78 is 10.5. The lowest BCUT2D eigenvalue weighted by Crippen LogP contribution is -2.06. The Kier molecular flexibility index (Phi) is 8.99. The normalized spacial score (nSPS) is 10.8. The van der Waals surface area contributed by atoms with Gasteiger partial charge >= 0.3 is 11.9 Å². The summed E-state index contributed by atoms with van der Waals surface area (Å²) in [5.41, 5.74) is 4.32. The zero-order valence-corrected chi connectivity index (χ0v) is 16.6. The standard InChI is InChI=1S/C24H28O4/c1-3-9-19-11-5-7-13-21(19)17-27-23(25)15-16-24(26)28-18-22-14-8-6-12-20(22)10-4-2/h5-8,11-16H,3-4,9-10,17-18H2,1-2H3/b16-15+. The quantitative estimate of drug-likeness (QED) is 0.433. The van der Waals surface area contributed by atoms with Gasteiger partial charge in [0.2, 0.25) is 0 Å². The van der Waals surface area contributed by atoms with Crippen LogP contribution in [0.3, 0.4) is 0 Å². The van der Waals surface area contributed by atoms with Crippen LogP contribution in [0.25, 0.3) is 0 Å². The number of esters is 2. The third-order valence-corrected chi connectivity index (χ3v) is 4.37. The van der Waals surface area contributed by atoms with Crippen LogP contribution in [0.5, 0.6) is 0 Å². The summed E-state index contributed by atoms with van der Waals surface area (Å²) in [5, 5.41) is 0. The topological polar surface area (TPSA) is 52.6 Å². The minimum atomic E-state index is -0.561. The average molecular weight is 380 g/mol. The van der Waals surface area contributed by atoms with Gasteiger partial charge in [0, 0.05) is 12.2 Å². The smallest absolute Gasteiger partial charge is 0.331 e. The Morgan fingerprint density at radius 2 is 1.04 bits per heavy atom. The van der Waals surface area contributed by atoms with Gasteiger partial charge in [-0.1, -0.05) is 75.2 Å². The second kappa shape index (κ2) is 11.8. The van der Waals surface area contributed by atoms with Crippen LogP contribution in [-0.2, 0) is 45.1 Å². The van der Waals surface area contributed by atoms with E-state index >= 15 is 0 Å². The summed E-state index contributed by atoms with van der Waals surface area (Å²) >= 11 is 0. The fourth-order valence-electron chi connectivity index (χ4n) is 2.95. The number of aryl methyl sites for hydroxylation is 2. The molecule has 0 aliphatic heterocycles. The van der Waals surface area contributed by atoms with Gasteiger partial charge in [0.15, 0.2) is 0 Å². The van der Waals surface area contributed by atoms with Crippen molar-refractivity contribution in [3.8, 4) is 0 Å². The summed E-state index contributed by atoms with van der Waals surface area (Å²) in [5.74, 6) is -1.12. The molecular weight excluding hydrogens is 352 g/mol. The SMILES string of the molecule is CCCc1ccccc1COC(=O)/C=C/C(=O)OCc1ccccc1CCC. The molecule has 0 saturated heterocycles. The van der Waals surface area contributed by atoms with Crippen molar-refractivity contribution in [3.05, 3.63) is 82.9 Å². The fraction of sp³-hybridized carbons (Fsp3) is 0.333. The first-order chi connectivity index (χ1) is 13.6. The van der Waals surface area contributed by atoms with Gasteiger partial charge in [-0.05, 0) is 35.1 Å². The molecule has 0 spiro atoms. The van der Waals surface area contributed by atoms with Crippen molar-refractivity contribution in [2.45, 2.75) is 52.7 Å². The third-order valence-electron chi connectivity index (χ3n) is 4.37. The second-order valence-corrected chi connectivity index (χ2v) is 6.59. The average Bonchev–Trinajstić information content (AvgIpc) is 2.71. The maximum atomic E-state index is 11.9. The Bertz CT molecular complexity index is 740. The van der Waals surface area contributed by atoms with E-state index < -0.39 is 11.9 Å². The van der Waals surface area contributed by atoms with Gasteiger partial charge in [0.05, 0.1) is 0 Å². The summed E-state index contributed by atoms with van der Waals surface area (Å²) in [4.78, 5) is 23.8. The van der Waals surface area contributed by atoms with Crippen molar-refractivity contribution >= 4 is 11.9 Å². The van der Waals surface area contributed by atoms with Crippen LogP contribution in [0.4, 0.5) is 0 Å². The fourth-order valence-corrected chi connectivity index (χ4v) is 2.95. The molecule has 4 heteroatoms. The van der Waals surface area contributed by atoms with E-state index in [2.05, 4.69) is 13.8 Å². The van der Waals surface area contributed by atoms with Gasteiger partial charge in [-0.3, -0.25) is 0 Å². The van der Waals surface area contributed by atoms with E-state index in [-0.39, 0.29) is 13.2 Å². The maximum absolute atomic E-state index is 11.9. The van der Waals surface area contributed by atoms with Crippen molar-refractivity contribution in [2.75, 3.05) is 0 Å². The summed E-state index contributed by atoms with van der Waals surface area (Å²) in [6, 6.07) is 15.8. The van der Waals surface area contributed by atoms with Crippen LogP contribution in [0, 0.1) is 0 Å². The Morgan fingerprint density at radius 1 is 0.679 bits per heavy atom. The molecule has 148 valence electrons. The van der Waals surface area contributed by atoms with Crippen LogP contribution >= 0.6 is 0 Å². The number of ether oxygens (including phenoxy) is 2. The van der Waals surface area contributed by atoms with Gasteiger partial charge in [-0.2, -0.15) is 0 Å². The number of rotatable bonds is 10. The van der Waals surface area contributed by atoms with Crippen molar-refractivity contribution < 1.29 is 19.1 Å². The van der Waals surface area contributed by atoms with Gasteiger partial charge in [-0.25, -0.2) is 9.59 Å². The first-order valence-electron chi connectivity index (χ1n) is 9.79. The van der Waals surface area contributed by atoms with E-state index in [0.29, 0.717) is 0 Å². The van der Waals surface area contributed by atoms with Gasteiger partial charge in [-0.15, -0.1) is 0 Å². The molecule has 0 amide bonds. The van der Waals surface area contributed by atoms with Gasteiger partial charge in [0.25, 0.3) is 0 Å². The highest BCUT2D eigenvalue weighted by atomic mass is 16.5. The predicted octanol–water partition coefficient (Wildman–Crippen LogP) is 4.93. The first-order valence-corrected chi connectivity index (χ1v) is 9.79. The molecule has 0 unspecified atom stereocenters. The van der Waals surface area contributed by atoms with Crippen molar-refractivity contribution in [1.82, 2.24) is 0 Å². The molecule has 2 aromatic carbocycles. The number of carbonyl (C=O) groups excluding carboxylic acids is 2. The van der Waals surface area contributed by atoms with E-state index in [0.717, 1.165) is 49.0 Å². The van der Waals surface area contributed by atoms with Gasteiger partial charge in [0.1, 0.15) is 13.2 Å². The molecule has 0 aromatic heterocycles. The Morgan fingerprint density at radius 3 is 1.39 bits per heavy atom. The Balaban J connectivity index is 1.81. The predicted molar refractivity (Wildman–Crippen MR) is 110 cm³/mol.